The molecule has 15 heavy (non-hydrogen) atoms. The minimum atomic E-state index is 0.00634. The molecule has 0 aliphatic carbocycles. The van der Waals surface area contributed by atoms with Crippen molar-refractivity contribution in [1.29, 1.82) is 0 Å². The van der Waals surface area contributed by atoms with Gasteiger partial charge in [-0.2, -0.15) is 0 Å². The number of nitrogens with two attached hydrogens (primary N) is 1. The van der Waals surface area contributed by atoms with Crippen LogP contribution in [0.15, 0.2) is 29.1 Å². The Labute approximate surface area is 88.9 Å². The van der Waals surface area contributed by atoms with Gasteiger partial charge in [-0.15, -0.1) is 0 Å². The molecule has 1 aromatic heterocycles. The van der Waals surface area contributed by atoms with Gasteiger partial charge in [0, 0.05) is 10.9 Å². The molecule has 2 rings (SSSR count). The van der Waals surface area contributed by atoms with Crippen molar-refractivity contribution < 1.29 is 0 Å². The summed E-state index contributed by atoms with van der Waals surface area (Å²) in [6, 6.07) is 7.34. The van der Waals surface area contributed by atoms with Crippen LogP contribution in [0.5, 0.6) is 0 Å². The van der Waals surface area contributed by atoms with E-state index in [1.54, 1.807) is 13.0 Å². The van der Waals surface area contributed by atoms with Gasteiger partial charge < -0.3 is 10.7 Å². The normalized spacial score (nSPS) is 9.53. The van der Waals surface area contributed by atoms with E-state index in [1.165, 1.54) is 0 Å². The maximum absolute atomic E-state index is 11.6. The van der Waals surface area contributed by atoms with Crippen molar-refractivity contribution in [3.05, 3.63) is 40.1 Å². The number of nitrogens with one attached hydrogen (secondary N) is 1. The Bertz CT molecular complexity index is 515. The monoisotopic (exact) mass is 204 g/mol. The van der Waals surface area contributed by atoms with Gasteiger partial charge in [0.2, 0.25) is 0 Å². The molecule has 0 aliphatic heterocycles. The number of benzene rings is 1. The van der Waals surface area contributed by atoms with Gasteiger partial charge >= 0.3 is 0 Å². The number of pyridine rings is 1. The summed E-state index contributed by atoms with van der Waals surface area (Å²) >= 11 is 0. The van der Waals surface area contributed by atoms with Gasteiger partial charge in [-0.1, -0.05) is 26.0 Å². The summed E-state index contributed by atoms with van der Waals surface area (Å²) in [5, 5.41) is 0.689. The molecule has 0 fully saturated rings. The number of nitrogen functional groups attached to an aromatic ring is 1. The van der Waals surface area contributed by atoms with Crippen LogP contribution in [0.4, 0.5) is 5.82 Å². The second-order valence-electron chi connectivity index (χ2n) is 3.04. The molecule has 0 atom stereocenters. The molecule has 0 unspecified atom stereocenters. The van der Waals surface area contributed by atoms with Gasteiger partial charge in [-0.3, -0.25) is 4.79 Å². The van der Waals surface area contributed by atoms with Crippen molar-refractivity contribution in [3.63, 3.8) is 0 Å². The Morgan fingerprint density at radius 2 is 1.80 bits per heavy atom. The number of aromatic amines is 1. The first-order chi connectivity index (χ1) is 7.20. The molecule has 1 aromatic carbocycles. The lowest BCUT2D eigenvalue weighted by Crippen LogP contribution is -2.10. The van der Waals surface area contributed by atoms with Crippen molar-refractivity contribution in [1.82, 2.24) is 4.98 Å². The highest BCUT2D eigenvalue weighted by molar-refractivity contribution is 5.80. The first kappa shape index (κ1) is 11.3. The molecular formula is C12H16N2O. The first-order valence-electron chi connectivity index (χ1n) is 5.07. The second kappa shape index (κ2) is 4.64. The van der Waals surface area contributed by atoms with Crippen molar-refractivity contribution in [2.75, 3.05) is 5.73 Å². The van der Waals surface area contributed by atoms with E-state index in [0.717, 1.165) is 5.52 Å². The number of aromatic nitrogens is 1. The molecule has 1 heterocycles. The fourth-order valence-electron chi connectivity index (χ4n) is 1.35. The minimum Gasteiger partial charge on any atom is -0.385 e. The summed E-state index contributed by atoms with van der Waals surface area (Å²) in [5.41, 5.74) is 7.01. The highest BCUT2D eigenvalue weighted by atomic mass is 16.1. The van der Waals surface area contributed by atoms with Crippen molar-refractivity contribution >= 4 is 16.7 Å². The largest absolute Gasteiger partial charge is 0.385 e. The third-order valence-electron chi connectivity index (χ3n) is 2.19. The molecule has 0 amide bonds. The molecule has 0 aliphatic rings. The predicted octanol–water partition coefficient (Wildman–Crippen LogP) is 2.44. The average molecular weight is 204 g/mol. The lowest BCUT2D eigenvalue weighted by atomic mass is 10.1. The fourth-order valence-corrected chi connectivity index (χ4v) is 1.35. The first-order valence-corrected chi connectivity index (χ1v) is 5.07. The Balaban J connectivity index is 0.000000531. The minimum absolute atomic E-state index is 0.00634. The van der Waals surface area contributed by atoms with E-state index in [9.17, 15) is 4.79 Å². The van der Waals surface area contributed by atoms with Gasteiger partial charge in [0.25, 0.3) is 0 Å². The van der Waals surface area contributed by atoms with Crippen LogP contribution in [0.2, 0.25) is 0 Å². The fraction of sp³-hybridized carbons (Fsp3) is 0.250. The summed E-state index contributed by atoms with van der Waals surface area (Å²) in [6.07, 6.45) is 0. The lowest BCUT2D eigenvalue weighted by molar-refractivity contribution is 1.31. The molecule has 2 aromatic rings. The van der Waals surface area contributed by atoms with Crippen LogP contribution < -0.4 is 11.2 Å². The molecular weight excluding hydrogens is 188 g/mol. The molecule has 3 nitrogen and oxygen atoms in total. The highest BCUT2D eigenvalue weighted by Crippen LogP contribution is 2.11. The zero-order valence-corrected chi connectivity index (χ0v) is 9.29. The Morgan fingerprint density at radius 3 is 2.47 bits per heavy atom. The smallest absolute Gasteiger partial charge is 0.194 e. The summed E-state index contributed by atoms with van der Waals surface area (Å²) in [6.45, 7) is 5.72. The summed E-state index contributed by atoms with van der Waals surface area (Å²) in [4.78, 5) is 14.6. The molecule has 0 bridgehead atoms. The maximum atomic E-state index is 11.6. The topological polar surface area (TPSA) is 58.9 Å². The molecule has 0 radical (unpaired) electrons. The maximum Gasteiger partial charge on any atom is 0.194 e. The SMILES string of the molecule is CC.Cc1c(N)[nH]c2ccccc2c1=O. The Kier molecular flexibility index (Phi) is 3.50. The summed E-state index contributed by atoms with van der Waals surface area (Å²) in [7, 11) is 0. The molecule has 80 valence electrons. The number of anilines is 1. The lowest BCUT2D eigenvalue weighted by Gasteiger charge is -2.02. The molecule has 3 N–H and O–H groups in total. The molecule has 0 saturated heterocycles. The van der Waals surface area contributed by atoms with E-state index in [0.29, 0.717) is 16.8 Å². The van der Waals surface area contributed by atoms with Crippen LogP contribution in [0.25, 0.3) is 10.9 Å². The number of hydrogen-bond donors (Lipinski definition) is 2. The number of para-hydroxylation sites is 1. The predicted molar refractivity (Wildman–Crippen MR) is 65.1 cm³/mol. The Morgan fingerprint density at radius 1 is 1.20 bits per heavy atom. The van der Waals surface area contributed by atoms with Crippen LogP contribution in [0.3, 0.4) is 0 Å². The van der Waals surface area contributed by atoms with Crippen LogP contribution in [0.1, 0.15) is 19.4 Å². The molecule has 0 spiro atoms. The molecule has 3 heteroatoms. The zero-order chi connectivity index (χ0) is 11.4. The van der Waals surface area contributed by atoms with Crippen molar-refractivity contribution in [2.24, 2.45) is 0 Å². The third kappa shape index (κ3) is 2.01. The number of H-pyrrole nitrogens is 1. The van der Waals surface area contributed by atoms with Crippen molar-refractivity contribution in [2.45, 2.75) is 20.8 Å². The standard InChI is InChI=1S/C10H10N2O.C2H6/c1-6-9(13)7-4-2-3-5-8(7)12-10(6)11;1-2/h2-5H,1H3,(H3,11,12,13);1-2H3. The highest BCUT2D eigenvalue weighted by Gasteiger charge is 2.03. The number of hydrogen-bond acceptors (Lipinski definition) is 2. The van der Waals surface area contributed by atoms with Crippen LogP contribution in [0, 0.1) is 6.92 Å². The van der Waals surface area contributed by atoms with Crippen molar-refractivity contribution in [3.8, 4) is 0 Å². The van der Waals surface area contributed by atoms with E-state index in [1.807, 2.05) is 32.0 Å². The summed E-state index contributed by atoms with van der Waals surface area (Å²) in [5.74, 6) is 0.448. The van der Waals surface area contributed by atoms with Gasteiger partial charge in [0.15, 0.2) is 5.43 Å². The van der Waals surface area contributed by atoms with Crippen LogP contribution >= 0.6 is 0 Å². The third-order valence-corrected chi connectivity index (χ3v) is 2.19. The van der Waals surface area contributed by atoms with Crippen LogP contribution in [-0.4, -0.2) is 4.98 Å². The van der Waals surface area contributed by atoms with E-state index >= 15 is 0 Å². The Hall–Kier alpha value is -1.77. The van der Waals surface area contributed by atoms with Gasteiger partial charge in [-0.05, 0) is 19.1 Å². The summed E-state index contributed by atoms with van der Waals surface area (Å²) < 4.78 is 0. The second-order valence-corrected chi connectivity index (χ2v) is 3.04. The average Bonchev–Trinajstić information content (AvgIpc) is 2.29. The van der Waals surface area contributed by atoms with E-state index in [4.69, 9.17) is 5.73 Å². The van der Waals surface area contributed by atoms with Gasteiger partial charge in [-0.25, -0.2) is 0 Å². The van der Waals surface area contributed by atoms with E-state index in [2.05, 4.69) is 4.98 Å². The van der Waals surface area contributed by atoms with Gasteiger partial charge in [0.05, 0.1) is 5.52 Å². The number of rotatable bonds is 0. The molecule has 0 saturated carbocycles. The van der Waals surface area contributed by atoms with E-state index < -0.39 is 0 Å². The van der Waals surface area contributed by atoms with Crippen LogP contribution in [-0.2, 0) is 0 Å². The van der Waals surface area contributed by atoms with Gasteiger partial charge in [0.1, 0.15) is 5.82 Å². The number of fused-ring (bicyclic) bond motifs is 1. The van der Waals surface area contributed by atoms with E-state index in [-0.39, 0.29) is 5.43 Å². The zero-order valence-electron chi connectivity index (χ0n) is 9.29. The quantitative estimate of drug-likeness (QED) is 0.692.